The van der Waals surface area contributed by atoms with Crippen LogP contribution in [0.25, 0.3) is 0 Å². The summed E-state index contributed by atoms with van der Waals surface area (Å²) in [4.78, 5) is 3.25. The van der Waals surface area contributed by atoms with Crippen molar-refractivity contribution >= 4 is 11.3 Å². The van der Waals surface area contributed by atoms with E-state index in [-0.39, 0.29) is 0 Å². The standard InChI is InChI=1S/C18H29NS/c1-3-5-6-7-8-12-16(19-4-2)18-14-15-11-9-10-13-17(15)20-18/h3,14,16,19H,1,4-13H2,2H3. The Labute approximate surface area is 128 Å². The molecule has 112 valence electrons. The minimum absolute atomic E-state index is 0.583. The Morgan fingerprint density at radius 3 is 2.90 bits per heavy atom. The Morgan fingerprint density at radius 1 is 1.30 bits per heavy atom. The SMILES string of the molecule is C=CCCCCCC(NCC)c1cc2c(s1)CCCC2. The van der Waals surface area contributed by atoms with Crippen LogP contribution in [0.3, 0.4) is 0 Å². The molecule has 1 nitrogen and oxygen atoms in total. The lowest BCUT2D eigenvalue weighted by atomic mass is 9.98. The van der Waals surface area contributed by atoms with E-state index in [9.17, 15) is 0 Å². The average Bonchev–Trinajstić information content (AvgIpc) is 2.89. The fraction of sp³-hybridized carbons (Fsp3) is 0.667. The molecule has 0 fully saturated rings. The van der Waals surface area contributed by atoms with E-state index in [1.165, 1.54) is 57.8 Å². The molecule has 1 aliphatic rings. The molecule has 0 amide bonds. The minimum Gasteiger partial charge on any atom is -0.310 e. The van der Waals surface area contributed by atoms with E-state index in [1.807, 2.05) is 6.08 Å². The third-order valence-corrected chi connectivity index (χ3v) is 5.56. The maximum Gasteiger partial charge on any atom is 0.0414 e. The van der Waals surface area contributed by atoms with Gasteiger partial charge in [0.05, 0.1) is 0 Å². The van der Waals surface area contributed by atoms with E-state index < -0.39 is 0 Å². The molecule has 20 heavy (non-hydrogen) atoms. The van der Waals surface area contributed by atoms with Gasteiger partial charge in [-0.2, -0.15) is 0 Å². The smallest absolute Gasteiger partial charge is 0.0414 e. The number of rotatable bonds is 9. The number of aryl methyl sites for hydroxylation is 2. The van der Waals surface area contributed by atoms with Crippen LogP contribution in [0, 0.1) is 0 Å². The summed E-state index contributed by atoms with van der Waals surface area (Å²) < 4.78 is 0. The van der Waals surface area contributed by atoms with Gasteiger partial charge in [-0.15, -0.1) is 17.9 Å². The number of fused-ring (bicyclic) bond motifs is 1. The average molecular weight is 292 g/mol. The van der Waals surface area contributed by atoms with Gasteiger partial charge in [-0.3, -0.25) is 0 Å². The molecule has 1 aromatic heterocycles. The first-order valence-corrected chi connectivity index (χ1v) is 9.12. The summed E-state index contributed by atoms with van der Waals surface area (Å²) in [5.41, 5.74) is 1.64. The number of nitrogens with one attached hydrogen (secondary N) is 1. The fourth-order valence-corrected chi connectivity index (χ4v) is 4.46. The van der Waals surface area contributed by atoms with Crippen molar-refractivity contribution in [3.05, 3.63) is 34.0 Å². The molecular weight excluding hydrogens is 262 g/mol. The molecule has 0 aromatic carbocycles. The van der Waals surface area contributed by atoms with Crippen LogP contribution in [0.2, 0.25) is 0 Å². The second-order valence-electron chi connectivity index (χ2n) is 5.84. The predicted molar refractivity (Wildman–Crippen MR) is 90.7 cm³/mol. The van der Waals surface area contributed by atoms with Gasteiger partial charge < -0.3 is 5.32 Å². The summed E-state index contributed by atoms with van der Waals surface area (Å²) in [6, 6.07) is 3.08. The number of allylic oxidation sites excluding steroid dienone is 1. The highest BCUT2D eigenvalue weighted by Crippen LogP contribution is 2.34. The highest BCUT2D eigenvalue weighted by Gasteiger charge is 2.18. The lowest BCUT2D eigenvalue weighted by Gasteiger charge is -2.16. The molecular formula is C18H29NS. The highest BCUT2D eigenvalue weighted by molar-refractivity contribution is 7.12. The van der Waals surface area contributed by atoms with Gasteiger partial charge in [-0.05, 0) is 63.1 Å². The maximum absolute atomic E-state index is 3.80. The van der Waals surface area contributed by atoms with Gasteiger partial charge in [0.1, 0.15) is 0 Å². The Hall–Kier alpha value is -0.600. The van der Waals surface area contributed by atoms with Crippen molar-refractivity contribution in [1.82, 2.24) is 5.32 Å². The normalized spacial score (nSPS) is 15.8. The van der Waals surface area contributed by atoms with E-state index in [4.69, 9.17) is 0 Å². The van der Waals surface area contributed by atoms with Crippen molar-refractivity contribution in [1.29, 1.82) is 0 Å². The molecule has 1 aliphatic carbocycles. The summed E-state index contributed by atoms with van der Waals surface area (Å²) in [5, 5.41) is 3.69. The van der Waals surface area contributed by atoms with E-state index in [0.717, 1.165) is 6.54 Å². The van der Waals surface area contributed by atoms with Crippen LogP contribution in [0.4, 0.5) is 0 Å². The van der Waals surface area contributed by atoms with Crippen molar-refractivity contribution in [2.75, 3.05) is 6.54 Å². The molecule has 1 unspecified atom stereocenters. The number of thiophene rings is 1. The fourth-order valence-electron chi connectivity index (χ4n) is 3.09. The monoisotopic (exact) mass is 291 g/mol. The molecule has 1 N–H and O–H groups in total. The second kappa shape index (κ2) is 8.63. The Morgan fingerprint density at radius 2 is 2.15 bits per heavy atom. The van der Waals surface area contributed by atoms with Crippen LogP contribution in [-0.4, -0.2) is 6.54 Å². The van der Waals surface area contributed by atoms with Gasteiger partial charge in [0, 0.05) is 15.8 Å². The van der Waals surface area contributed by atoms with Crippen molar-refractivity contribution in [2.45, 2.75) is 70.8 Å². The third kappa shape index (κ3) is 4.46. The topological polar surface area (TPSA) is 12.0 Å². The van der Waals surface area contributed by atoms with Crippen LogP contribution in [0.5, 0.6) is 0 Å². The number of unbranched alkanes of at least 4 members (excludes halogenated alkanes) is 3. The molecule has 2 heteroatoms. The molecule has 1 atom stereocenters. The Bertz CT molecular complexity index is 384. The summed E-state index contributed by atoms with van der Waals surface area (Å²) in [6.07, 6.45) is 13.8. The summed E-state index contributed by atoms with van der Waals surface area (Å²) in [5.74, 6) is 0. The Kier molecular flexibility index (Phi) is 6.81. The van der Waals surface area contributed by atoms with Gasteiger partial charge in [0.2, 0.25) is 0 Å². The van der Waals surface area contributed by atoms with Crippen LogP contribution in [0.15, 0.2) is 18.7 Å². The highest BCUT2D eigenvalue weighted by atomic mass is 32.1. The first-order chi connectivity index (χ1) is 9.85. The first-order valence-electron chi connectivity index (χ1n) is 8.31. The van der Waals surface area contributed by atoms with E-state index in [1.54, 1.807) is 15.3 Å². The molecule has 1 aromatic rings. The largest absolute Gasteiger partial charge is 0.310 e. The lowest BCUT2D eigenvalue weighted by molar-refractivity contribution is 0.489. The molecule has 0 aliphatic heterocycles. The zero-order chi connectivity index (χ0) is 14.2. The summed E-state index contributed by atoms with van der Waals surface area (Å²) in [7, 11) is 0. The second-order valence-corrected chi connectivity index (χ2v) is 7.01. The van der Waals surface area contributed by atoms with Crippen LogP contribution >= 0.6 is 11.3 Å². The maximum atomic E-state index is 3.80. The van der Waals surface area contributed by atoms with Gasteiger partial charge >= 0.3 is 0 Å². The summed E-state index contributed by atoms with van der Waals surface area (Å²) in [6.45, 7) is 7.09. The van der Waals surface area contributed by atoms with E-state index in [2.05, 4.69) is 36.2 Å². The van der Waals surface area contributed by atoms with Crippen LogP contribution in [-0.2, 0) is 12.8 Å². The van der Waals surface area contributed by atoms with Crippen molar-refractivity contribution < 1.29 is 0 Å². The van der Waals surface area contributed by atoms with Gasteiger partial charge in [-0.1, -0.05) is 25.8 Å². The zero-order valence-corrected chi connectivity index (χ0v) is 13.7. The molecule has 0 saturated heterocycles. The molecule has 0 saturated carbocycles. The summed E-state index contributed by atoms with van der Waals surface area (Å²) >= 11 is 2.07. The van der Waals surface area contributed by atoms with Gasteiger partial charge in [-0.25, -0.2) is 0 Å². The first kappa shape index (κ1) is 15.8. The van der Waals surface area contributed by atoms with Gasteiger partial charge in [0.15, 0.2) is 0 Å². The van der Waals surface area contributed by atoms with E-state index in [0.29, 0.717) is 6.04 Å². The zero-order valence-electron chi connectivity index (χ0n) is 12.9. The molecule has 2 rings (SSSR count). The van der Waals surface area contributed by atoms with Crippen molar-refractivity contribution in [2.24, 2.45) is 0 Å². The van der Waals surface area contributed by atoms with E-state index >= 15 is 0 Å². The van der Waals surface area contributed by atoms with Crippen LogP contribution in [0.1, 0.15) is 73.2 Å². The molecule has 0 bridgehead atoms. The molecule has 1 heterocycles. The quantitative estimate of drug-likeness (QED) is 0.473. The lowest BCUT2D eigenvalue weighted by Crippen LogP contribution is -2.19. The molecule has 0 radical (unpaired) electrons. The molecule has 0 spiro atoms. The number of hydrogen-bond donors (Lipinski definition) is 1. The van der Waals surface area contributed by atoms with Crippen LogP contribution < -0.4 is 5.32 Å². The Balaban J connectivity index is 1.89. The van der Waals surface area contributed by atoms with Crippen molar-refractivity contribution in [3.63, 3.8) is 0 Å². The number of hydrogen-bond acceptors (Lipinski definition) is 2. The van der Waals surface area contributed by atoms with Crippen molar-refractivity contribution in [3.8, 4) is 0 Å². The predicted octanol–water partition coefficient (Wildman–Crippen LogP) is 5.41. The minimum atomic E-state index is 0.583. The van der Waals surface area contributed by atoms with Gasteiger partial charge in [0.25, 0.3) is 0 Å². The third-order valence-electron chi connectivity index (χ3n) is 4.21.